The Morgan fingerprint density at radius 3 is 3.20 bits per heavy atom. The zero-order valence-electron chi connectivity index (χ0n) is 11.2. The second-order valence-corrected chi connectivity index (χ2v) is 6.41. The van der Waals surface area contributed by atoms with E-state index in [-0.39, 0.29) is 6.04 Å². The van der Waals surface area contributed by atoms with Gasteiger partial charge in [0.1, 0.15) is 0 Å². The third kappa shape index (κ3) is 1.96. The molecule has 0 spiro atoms. The molecule has 1 aliphatic carbocycles. The molecule has 0 saturated heterocycles. The molecule has 2 atom stereocenters. The Balaban J connectivity index is 1.56. The lowest BCUT2D eigenvalue weighted by Crippen LogP contribution is -2.29. The Labute approximate surface area is 122 Å². The molecule has 4 heteroatoms. The Kier molecular flexibility index (Phi) is 2.86. The smallest absolute Gasteiger partial charge is 0.193 e. The molecular weight excluding hydrogens is 266 g/mol. The summed E-state index contributed by atoms with van der Waals surface area (Å²) >= 11 is 1.67. The summed E-state index contributed by atoms with van der Waals surface area (Å²) in [4.78, 5) is 5.70. The van der Waals surface area contributed by atoms with Crippen LogP contribution in [0.2, 0.25) is 0 Å². The summed E-state index contributed by atoms with van der Waals surface area (Å²) in [7, 11) is 0. The van der Waals surface area contributed by atoms with Gasteiger partial charge in [0.2, 0.25) is 0 Å². The standard InChI is InChI=1S/C16H17N3S/c17-15(9-12-10-19-7-8-20-16(19)18-12)14-6-5-11-3-1-2-4-13(11)14/h1-4,7-8,10,14-15H,5-6,9,17H2. The number of imidazole rings is 1. The summed E-state index contributed by atoms with van der Waals surface area (Å²) in [5, 5.41) is 2.05. The molecule has 1 aliphatic rings. The van der Waals surface area contributed by atoms with E-state index in [0.717, 1.165) is 23.5 Å². The van der Waals surface area contributed by atoms with Gasteiger partial charge in [-0.05, 0) is 29.9 Å². The van der Waals surface area contributed by atoms with Crippen LogP contribution in [0.1, 0.15) is 29.2 Å². The molecule has 0 radical (unpaired) electrons. The molecule has 102 valence electrons. The van der Waals surface area contributed by atoms with Gasteiger partial charge in [-0.15, -0.1) is 11.3 Å². The van der Waals surface area contributed by atoms with Crippen LogP contribution in [-0.4, -0.2) is 15.4 Å². The summed E-state index contributed by atoms with van der Waals surface area (Å²) in [6.45, 7) is 0. The van der Waals surface area contributed by atoms with E-state index < -0.39 is 0 Å². The number of rotatable bonds is 3. The SMILES string of the molecule is NC(Cc1cn2ccsc2n1)C1CCc2ccccc21. The lowest BCUT2D eigenvalue weighted by molar-refractivity contribution is 0.521. The van der Waals surface area contributed by atoms with Gasteiger partial charge in [-0.1, -0.05) is 24.3 Å². The predicted octanol–water partition coefficient (Wildman–Crippen LogP) is 3.00. The zero-order chi connectivity index (χ0) is 13.5. The molecule has 0 fully saturated rings. The molecular formula is C16H17N3S. The molecule has 0 aliphatic heterocycles. The molecule has 3 aromatic rings. The lowest BCUT2D eigenvalue weighted by Gasteiger charge is -2.19. The zero-order valence-corrected chi connectivity index (χ0v) is 12.0. The number of hydrogen-bond acceptors (Lipinski definition) is 3. The van der Waals surface area contributed by atoms with Crippen LogP contribution in [0, 0.1) is 0 Å². The maximum atomic E-state index is 6.47. The maximum Gasteiger partial charge on any atom is 0.193 e. The summed E-state index contributed by atoms with van der Waals surface area (Å²) in [5.41, 5.74) is 10.5. The van der Waals surface area contributed by atoms with Crippen LogP contribution in [0.3, 0.4) is 0 Å². The Hall–Kier alpha value is -1.65. The van der Waals surface area contributed by atoms with E-state index in [2.05, 4.69) is 45.2 Å². The van der Waals surface area contributed by atoms with Crippen LogP contribution in [0.5, 0.6) is 0 Å². The molecule has 0 saturated carbocycles. The van der Waals surface area contributed by atoms with E-state index in [0.29, 0.717) is 5.92 Å². The monoisotopic (exact) mass is 283 g/mol. The molecule has 4 rings (SSSR count). The number of fused-ring (bicyclic) bond motifs is 2. The first-order valence-electron chi connectivity index (χ1n) is 7.06. The van der Waals surface area contributed by atoms with E-state index in [1.54, 1.807) is 11.3 Å². The fourth-order valence-corrected chi connectivity index (χ4v) is 4.01. The second kappa shape index (κ2) is 4.72. The highest BCUT2D eigenvalue weighted by Crippen LogP contribution is 2.35. The highest BCUT2D eigenvalue weighted by Gasteiger charge is 2.27. The number of benzene rings is 1. The molecule has 3 nitrogen and oxygen atoms in total. The van der Waals surface area contributed by atoms with Crippen LogP contribution < -0.4 is 5.73 Å². The molecule has 0 amide bonds. The summed E-state index contributed by atoms with van der Waals surface area (Å²) in [6.07, 6.45) is 7.34. The maximum absolute atomic E-state index is 6.47. The molecule has 1 aromatic carbocycles. The minimum atomic E-state index is 0.156. The van der Waals surface area contributed by atoms with E-state index in [1.165, 1.54) is 17.5 Å². The Bertz CT molecular complexity index is 714. The molecule has 2 unspecified atom stereocenters. The first-order valence-corrected chi connectivity index (χ1v) is 7.94. The quantitative estimate of drug-likeness (QED) is 0.803. The van der Waals surface area contributed by atoms with Gasteiger partial charge >= 0.3 is 0 Å². The number of nitrogens with two attached hydrogens (primary N) is 1. The average Bonchev–Trinajstić information content (AvgIpc) is 3.10. The average molecular weight is 283 g/mol. The van der Waals surface area contributed by atoms with Gasteiger partial charge in [0.05, 0.1) is 5.69 Å². The van der Waals surface area contributed by atoms with Crippen LogP contribution in [0.15, 0.2) is 42.0 Å². The predicted molar refractivity (Wildman–Crippen MR) is 82.3 cm³/mol. The van der Waals surface area contributed by atoms with Crippen molar-refractivity contribution in [2.75, 3.05) is 0 Å². The van der Waals surface area contributed by atoms with Crippen LogP contribution >= 0.6 is 11.3 Å². The van der Waals surface area contributed by atoms with Gasteiger partial charge in [-0.25, -0.2) is 4.98 Å². The van der Waals surface area contributed by atoms with E-state index >= 15 is 0 Å². The van der Waals surface area contributed by atoms with E-state index in [4.69, 9.17) is 5.73 Å². The van der Waals surface area contributed by atoms with Crippen LogP contribution in [-0.2, 0) is 12.8 Å². The van der Waals surface area contributed by atoms with Crippen molar-refractivity contribution in [2.24, 2.45) is 5.73 Å². The molecule has 20 heavy (non-hydrogen) atoms. The molecule has 0 bridgehead atoms. The summed E-state index contributed by atoms with van der Waals surface area (Å²) < 4.78 is 2.08. The minimum Gasteiger partial charge on any atom is -0.327 e. The minimum absolute atomic E-state index is 0.156. The van der Waals surface area contributed by atoms with Crippen molar-refractivity contribution < 1.29 is 0 Å². The number of nitrogens with zero attached hydrogens (tertiary/aromatic N) is 2. The van der Waals surface area contributed by atoms with Gasteiger partial charge in [-0.2, -0.15) is 0 Å². The van der Waals surface area contributed by atoms with Crippen molar-refractivity contribution in [3.63, 3.8) is 0 Å². The van der Waals surface area contributed by atoms with Crippen molar-refractivity contribution >= 4 is 16.3 Å². The fourth-order valence-electron chi connectivity index (χ4n) is 3.29. The summed E-state index contributed by atoms with van der Waals surface area (Å²) in [6, 6.07) is 8.86. The van der Waals surface area contributed by atoms with Crippen molar-refractivity contribution in [1.29, 1.82) is 0 Å². The number of aromatic nitrogens is 2. The second-order valence-electron chi connectivity index (χ2n) is 5.54. The van der Waals surface area contributed by atoms with Gasteiger partial charge in [0.15, 0.2) is 4.96 Å². The molecule has 2 aromatic heterocycles. The normalized spacial score (nSPS) is 19.4. The number of aryl methyl sites for hydroxylation is 1. The third-order valence-electron chi connectivity index (χ3n) is 4.28. The van der Waals surface area contributed by atoms with Gasteiger partial charge in [0.25, 0.3) is 0 Å². The first kappa shape index (κ1) is 12.1. The van der Waals surface area contributed by atoms with Crippen LogP contribution in [0.25, 0.3) is 4.96 Å². The van der Waals surface area contributed by atoms with Crippen LogP contribution in [0.4, 0.5) is 0 Å². The lowest BCUT2D eigenvalue weighted by atomic mass is 9.91. The Morgan fingerprint density at radius 2 is 2.30 bits per heavy atom. The number of thiazole rings is 1. The fraction of sp³-hybridized carbons (Fsp3) is 0.312. The van der Waals surface area contributed by atoms with Crippen molar-refractivity contribution in [3.05, 3.63) is 58.9 Å². The number of hydrogen-bond donors (Lipinski definition) is 1. The first-order chi connectivity index (χ1) is 9.81. The Morgan fingerprint density at radius 1 is 1.40 bits per heavy atom. The highest BCUT2D eigenvalue weighted by molar-refractivity contribution is 7.15. The van der Waals surface area contributed by atoms with E-state index in [1.807, 2.05) is 6.20 Å². The summed E-state index contributed by atoms with van der Waals surface area (Å²) in [5.74, 6) is 0.478. The largest absolute Gasteiger partial charge is 0.327 e. The van der Waals surface area contributed by atoms with Crippen molar-refractivity contribution in [2.45, 2.75) is 31.2 Å². The third-order valence-corrected chi connectivity index (χ3v) is 5.05. The van der Waals surface area contributed by atoms with Gasteiger partial charge in [-0.3, -0.25) is 4.40 Å². The van der Waals surface area contributed by atoms with Crippen molar-refractivity contribution in [1.82, 2.24) is 9.38 Å². The highest BCUT2D eigenvalue weighted by atomic mass is 32.1. The molecule has 2 heterocycles. The van der Waals surface area contributed by atoms with Gasteiger partial charge in [0, 0.05) is 30.2 Å². The van der Waals surface area contributed by atoms with Gasteiger partial charge < -0.3 is 5.73 Å². The molecule has 2 N–H and O–H groups in total. The van der Waals surface area contributed by atoms with Crippen molar-refractivity contribution in [3.8, 4) is 0 Å². The van der Waals surface area contributed by atoms with E-state index in [9.17, 15) is 0 Å². The topological polar surface area (TPSA) is 43.3 Å².